The third-order valence-corrected chi connectivity index (χ3v) is 6.92. The van der Waals surface area contributed by atoms with Crippen LogP contribution in [0.3, 0.4) is 0 Å². The van der Waals surface area contributed by atoms with Gasteiger partial charge in [0.1, 0.15) is 5.82 Å². The Balaban J connectivity index is 1.93. The Morgan fingerprint density at radius 3 is 2.74 bits per heavy atom. The van der Waals surface area contributed by atoms with Gasteiger partial charge in [-0.15, -0.1) is 0 Å². The van der Waals surface area contributed by atoms with Crippen LogP contribution in [0, 0.1) is 5.92 Å². The monoisotopic (exact) mass is 394 g/mol. The van der Waals surface area contributed by atoms with Gasteiger partial charge in [0.15, 0.2) is 0 Å². The Labute approximate surface area is 159 Å². The van der Waals surface area contributed by atoms with Crippen LogP contribution in [-0.2, 0) is 27.9 Å². The van der Waals surface area contributed by atoms with Crippen LogP contribution in [0.5, 0.6) is 0 Å². The summed E-state index contributed by atoms with van der Waals surface area (Å²) >= 11 is 0. The summed E-state index contributed by atoms with van der Waals surface area (Å²) in [6.07, 6.45) is 1.57. The van der Waals surface area contributed by atoms with Crippen molar-refractivity contribution in [2.75, 3.05) is 27.2 Å². The second-order valence-electron chi connectivity index (χ2n) is 7.12. The number of aliphatic carboxylic acids is 1. The predicted molar refractivity (Wildman–Crippen MR) is 102 cm³/mol. The van der Waals surface area contributed by atoms with E-state index in [0.717, 1.165) is 24.3 Å². The molecule has 2 aromatic rings. The van der Waals surface area contributed by atoms with Crippen molar-refractivity contribution in [1.29, 1.82) is 0 Å². The predicted octanol–water partition coefficient (Wildman–Crippen LogP) is 1.60. The molecule has 9 heteroatoms. The molecule has 8 nitrogen and oxygen atoms in total. The number of rotatable bonds is 6. The van der Waals surface area contributed by atoms with Gasteiger partial charge in [0.2, 0.25) is 10.0 Å². The minimum atomic E-state index is -3.51. The zero-order valence-corrected chi connectivity index (χ0v) is 16.7. The number of carbonyl (C=O) groups is 1. The smallest absolute Gasteiger partial charge is 0.307 e. The summed E-state index contributed by atoms with van der Waals surface area (Å²) in [6.45, 7) is 4.65. The number of aryl methyl sites for hydroxylation is 1. The van der Waals surface area contributed by atoms with Crippen molar-refractivity contribution < 1.29 is 18.3 Å². The van der Waals surface area contributed by atoms with E-state index in [1.54, 1.807) is 18.2 Å². The van der Waals surface area contributed by atoms with Crippen molar-refractivity contribution >= 4 is 27.0 Å². The number of hydrogen-bond acceptors (Lipinski definition) is 5. The third kappa shape index (κ3) is 3.85. The molecule has 2 heterocycles. The van der Waals surface area contributed by atoms with Gasteiger partial charge in [-0.25, -0.2) is 17.7 Å². The molecule has 0 unspecified atom stereocenters. The van der Waals surface area contributed by atoms with Gasteiger partial charge in [-0.1, -0.05) is 0 Å². The van der Waals surface area contributed by atoms with E-state index in [1.807, 2.05) is 6.92 Å². The van der Waals surface area contributed by atoms with Crippen molar-refractivity contribution in [2.45, 2.75) is 37.8 Å². The molecular weight excluding hydrogens is 368 g/mol. The fraction of sp³-hybridized carbons (Fsp3) is 0.556. The SMILES string of the molecule is CCn1c(CN2CCC[C@@H](C(=O)O)C2)nc2cc(S(=O)(=O)N(C)C)ccc21. The molecule has 3 rings (SSSR count). The van der Waals surface area contributed by atoms with Crippen molar-refractivity contribution in [3.8, 4) is 0 Å². The lowest BCUT2D eigenvalue weighted by Gasteiger charge is -2.30. The number of carboxylic acids is 1. The van der Waals surface area contributed by atoms with Gasteiger partial charge in [0.05, 0.1) is 28.4 Å². The summed E-state index contributed by atoms with van der Waals surface area (Å²) in [5, 5.41) is 9.28. The highest BCUT2D eigenvalue weighted by Crippen LogP contribution is 2.24. The molecule has 1 N–H and O–H groups in total. The van der Waals surface area contributed by atoms with Crippen molar-refractivity contribution in [2.24, 2.45) is 5.92 Å². The van der Waals surface area contributed by atoms with Crippen LogP contribution in [0.4, 0.5) is 0 Å². The highest BCUT2D eigenvalue weighted by molar-refractivity contribution is 7.89. The van der Waals surface area contributed by atoms with Gasteiger partial charge in [-0.3, -0.25) is 9.69 Å². The number of aromatic nitrogens is 2. The van der Waals surface area contributed by atoms with Gasteiger partial charge in [0, 0.05) is 27.2 Å². The Hall–Kier alpha value is -1.97. The van der Waals surface area contributed by atoms with Crippen LogP contribution in [0.25, 0.3) is 11.0 Å². The van der Waals surface area contributed by atoms with Crippen LogP contribution >= 0.6 is 0 Å². The minimum Gasteiger partial charge on any atom is -0.481 e. The molecule has 1 saturated heterocycles. The van der Waals surface area contributed by atoms with E-state index in [9.17, 15) is 18.3 Å². The molecule has 0 aliphatic carbocycles. The number of likely N-dealkylation sites (tertiary alicyclic amines) is 1. The lowest BCUT2D eigenvalue weighted by molar-refractivity contribution is -0.143. The molecule has 1 aliphatic heterocycles. The molecule has 148 valence electrons. The average molecular weight is 394 g/mol. The molecule has 0 bridgehead atoms. The first kappa shape index (κ1) is 19.8. The summed E-state index contributed by atoms with van der Waals surface area (Å²) in [4.78, 5) is 18.3. The third-order valence-electron chi connectivity index (χ3n) is 5.11. The lowest BCUT2D eigenvalue weighted by atomic mass is 9.98. The number of sulfonamides is 1. The first-order valence-corrected chi connectivity index (χ1v) is 10.5. The highest BCUT2D eigenvalue weighted by atomic mass is 32.2. The minimum absolute atomic E-state index is 0.219. The maximum atomic E-state index is 12.4. The molecule has 0 amide bonds. The van der Waals surface area contributed by atoms with Crippen LogP contribution in [0.1, 0.15) is 25.6 Å². The Kier molecular flexibility index (Phi) is 5.55. The Bertz CT molecular complexity index is 952. The van der Waals surface area contributed by atoms with E-state index >= 15 is 0 Å². The van der Waals surface area contributed by atoms with Gasteiger partial charge in [-0.2, -0.15) is 0 Å². The van der Waals surface area contributed by atoms with Gasteiger partial charge < -0.3 is 9.67 Å². The van der Waals surface area contributed by atoms with Crippen molar-refractivity contribution in [3.63, 3.8) is 0 Å². The zero-order chi connectivity index (χ0) is 19.8. The molecule has 0 spiro atoms. The number of fused-ring (bicyclic) bond motifs is 1. The molecule has 0 radical (unpaired) electrons. The maximum absolute atomic E-state index is 12.4. The molecule has 1 fully saturated rings. The number of piperidine rings is 1. The van der Waals surface area contributed by atoms with E-state index in [1.165, 1.54) is 18.4 Å². The summed E-state index contributed by atoms with van der Waals surface area (Å²) in [7, 11) is -0.505. The Morgan fingerprint density at radius 2 is 2.11 bits per heavy atom. The van der Waals surface area contributed by atoms with E-state index in [0.29, 0.717) is 31.6 Å². The maximum Gasteiger partial charge on any atom is 0.307 e. The lowest BCUT2D eigenvalue weighted by Crippen LogP contribution is -2.38. The molecule has 1 aromatic carbocycles. The number of carboxylic acid groups (broad SMARTS) is 1. The van der Waals surface area contributed by atoms with Crippen LogP contribution in [0.2, 0.25) is 0 Å². The molecule has 0 saturated carbocycles. The summed E-state index contributed by atoms with van der Waals surface area (Å²) in [5.74, 6) is -0.254. The quantitative estimate of drug-likeness (QED) is 0.800. The summed E-state index contributed by atoms with van der Waals surface area (Å²) < 4.78 is 28.0. The molecule has 1 aliphatic rings. The van der Waals surface area contributed by atoms with Crippen LogP contribution < -0.4 is 0 Å². The van der Waals surface area contributed by atoms with Crippen LogP contribution in [-0.4, -0.2) is 65.4 Å². The average Bonchev–Trinajstić information content (AvgIpc) is 2.97. The fourth-order valence-electron chi connectivity index (χ4n) is 3.61. The van der Waals surface area contributed by atoms with E-state index in [2.05, 4.69) is 14.5 Å². The second-order valence-corrected chi connectivity index (χ2v) is 9.27. The van der Waals surface area contributed by atoms with Crippen LogP contribution in [0.15, 0.2) is 23.1 Å². The molecule has 27 heavy (non-hydrogen) atoms. The van der Waals surface area contributed by atoms with Crippen molar-refractivity contribution in [1.82, 2.24) is 18.8 Å². The van der Waals surface area contributed by atoms with E-state index in [-0.39, 0.29) is 10.8 Å². The number of benzene rings is 1. The highest BCUT2D eigenvalue weighted by Gasteiger charge is 2.26. The van der Waals surface area contributed by atoms with Gasteiger partial charge in [0.25, 0.3) is 0 Å². The van der Waals surface area contributed by atoms with E-state index < -0.39 is 16.0 Å². The second kappa shape index (κ2) is 7.57. The number of nitrogens with zero attached hydrogens (tertiary/aromatic N) is 4. The van der Waals surface area contributed by atoms with Gasteiger partial charge >= 0.3 is 5.97 Å². The number of imidazole rings is 1. The van der Waals surface area contributed by atoms with Crippen molar-refractivity contribution in [3.05, 3.63) is 24.0 Å². The summed E-state index contributed by atoms with van der Waals surface area (Å²) in [6, 6.07) is 5.01. The molecule has 1 aromatic heterocycles. The molecular formula is C18H26N4O4S. The largest absolute Gasteiger partial charge is 0.481 e. The Morgan fingerprint density at radius 1 is 1.37 bits per heavy atom. The van der Waals surface area contributed by atoms with Gasteiger partial charge in [-0.05, 0) is 44.5 Å². The number of hydrogen-bond donors (Lipinski definition) is 1. The first-order valence-electron chi connectivity index (χ1n) is 9.11. The normalized spacial score (nSPS) is 19.0. The fourth-order valence-corrected chi connectivity index (χ4v) is 4.53. The first-order chi connectivity index (χ1) is 12.7. The summed E-state index contributed by atoms with van der Waals surface area (Å²) in [5.41, 5.74) is 1.53. The zero-order valence-electron chi connectivity index (χ0n) is 15.9. The standard InChI is InChI=1S/C18H26N4O4S/c1-4-22-16-8-7-14(27(25,26)20(2)3)10-15(16)19-17(22)12-21-9-5-6-13(11-21)18(23)24/h7-8,10,13H,4-6,9,11-12H2,1-3H3,(H,23,24)/t13-/m1/s1. The molecule has 1 atom stereocenters. The van der Waals surface area contributed by atoms with E-state index in [4.69, 9.17) is 0 Å². The topological polar surface area (TPSA) is 95.7 Å².